The lowest BCUT2D eigenvalue weighted by atomic mass is 10.5. The molecule has 0 spiro atoms. The first-order valence-corrected chi connectivity index (χ1v) is 3.21. The van der Waals surface area contributed by atoms with Crippen LogP contribution in [0.4, 0.5) is 0 Å². The second-order valence-corrected chi connectivity index (χ2v) is 2.58. The molecule has 0 aromatic rings. The first-order chi connectivity index (χ1) is 4.13. The minimum Gasteiger partial charge on any atom is -0.287 e. The molecule has 0 unspecified atom stereocenters. The lowest BCUT2D eigenvalue weighted by Crippen LogP contribution is -2.21. The Labute approximate surface area is 64.2 Å². The van der Waals surface area contributed by atoms with Gasteiger partial charge in [0.05, 0.1) is 0 Å². The van der Waals surface area contributed by atoms with Crippen LogP contribution in [0.1, 0.15) is 0 Å². The average molecular weight is 210 g/mol. The predicted octanol–water partition coefficient (Wildman–Crippen LogP) is 0.488. The van der Waals surface area contributed by atoms with Crippen LogP contribution in [-0.4, -0.2) is 11.8 Å². The summed E-state index contributed by atoms with van der Waals surface area (Å²) in [7, 11) is 0. The van der Waals surface area contributed by atoms with E-state index in [0.29, 0.717) is 0 Å². The molecule has 1 N–H and O–H groups in total. The van der Waals surface area contributed by atoms with Crippen molar-refractivity contribution in [2.24, 2.45) is 0 Å². The highest BCUT2D eigenvalue weighted by Crippen LogP contribution is 2.20. The average Bonchev–Trinajstić information content (AvgIpc) is 1.98. The molecule has 0 saturated heterocycles. The van der Waals surface area contributed by atoms with Crippen molar-refractivity contribution in [3.8, 4) is 0 Å². The minimum absolute atomic E-state index is 0.0833. The maximum absolute atomic E-state index is 10.5. The number of nitrogens with one attached hydrogen (secondary N) is 1. The van der Waals surface area contributed by atoms with Crippen LogP contribution in [-0.2, 0) is 9.59 Å². The monoisotopic (exact) mass is 209 g/mol. The summed E-state index contributed by atoms with van der Waals surface area (Å²) in [6, 6.07) is 0. The Morgan fingerprint density at radius 3 is 2.00 bits per heavy atom. The van der Waals surface area contributed by atoms with Crippen molar-refractivity contribution >= 4 is 39.3 Å². The van der Waals surface area contributed by atoms with Gasteiger partial charge in [-0.15, -0.1) is 0 Å². The van der Waals surface area contributed by atoms with Crippen LogP contribution in [0.2, 0.25) is 0 Å². The van der Waals surface area contributed by atoms with E-state index < -0.39 is 11.8 Å². The highest BCUT2D eigenvalue weighted by molar-refractivity contribution is 9.12. The molecule has 0 radical (unpaired) electrons. The predicted molar refractivity (Wildman–Crippen MR) is 35.0 cm³/mol. The molecule has 0 aromatic carbocycles. The standard InChI is InChI=1S/C4HBrClNO2/c5-1-2(6)4(9)7-3(1)8/h(H,7,8,9). The third-order valence-electron chi connectivity index (χ3n) is 0.818. The van der Waals surface area contributed by atoms with E-state index in [2.05, 4.69) is 15.9 Å². The van der Waals surface area contributed by atoms with Crippen LogP contribution < -0.4 is 5.32 Å². The summed E-state index contributed by atoms with van der Waals surface area (Å²) in [4.78, 5) is 20.9. The molecule has 1 rings (SSSR count). The summed E-state index contributed by atoms with van der Waals surface area (Å²) in [5, 5.41) is 1.90. The van der Waals surface area contributed by atoms with E-state index in [9.17, 15) is 9.59 Å². The molecule has 2 amide bonds. The summed E-state index contributed by atoms with van der Waals surface area (Å²) >= 11 is 8.13. The molecule has 0 fully saturated rings. The second-order valence-electron chi connectivity index (χ2n) is 1.41. The summed E-state index contributed by atoms with van der Waals surface area (Å²) in [5.41, 5.74) is 0. The summed E-state index contributed by atoms with van der Waals surface area (Å²) < 4.78 is 0.106. The normalized spacial score (nSPS) is 18.9. The Morgan fingerprint density at radius 1 is 1.33 bits per heavy atom. The molecule has 9 heavy (non-hydrogen) atoms. The van der Waals surface area contributed by atoms with Crippen molar-refractivity contribution in [2.45, 2.75) is 0 Å². The number of hydrogen-bond acceptors (Lipinski definition) is 2. The third kappa shape index (κ3) is 0.997. The minimum atomic E-state index is -0.548. The van der Waals surface area contributed by atoms with Gasteiger partial charge in [0, 0.05) is 0 Å². The van der Waals surface area contributed by atoms with Crippen LogP contribution in [0.15, 0.2) is 9.51 Å². The molecule has 0 saturated carbocycles. The zero-order chi connectivity index (χ0) is 7.02. The molecular formula is C4HBrClNO2. The largest absolute Gasteiger partial charge is 0.287 e. The molecule has 0 aromatic heterocycles. The smallest absolute Gasteiger partial charge is 0.271 e. The molecule has 0 bridgehead atoms. The zero-order valence-corrected chi connectivity index (χ0v) is 6.41. The van der Waals surface area contributed by atoms with Crippen molar-refractivity contribution in [3.63, 3.8) is 0 Å². The molecular weight excluding hydrogens is 209 g/mol. The Bertz CT molecular complexity index is 201. The quantitative estimate of drug-likeness (QED) is 0.592. The van der Waals surface area contributed by atoms with Gasteiger partial charge in [0.1, 0.15) is 9.51 Å². The summed E-state index contributed by atoms with van der Waals surface area (Å²) in [5.74, 6) is -1.03. The highest BCUT2D eigenvalue weighted by Gasteiger charge is 2.26. The molecule has 0 aliphatic carbocycles. The van der Waals surface area contributed by atoms with E-state index in [0.717, 1.165) is 0 Å². The van der Waals surface area contributed by atoms with E-state index in [4.69, 9.17) is 11.6 Å². The maximum Gasteiger partial charge on any atom is 0.271 e. The molecule has 5 heteroatoms. The molecule has 1 aliphatic heterocycles. The number of halogens is 2. The number of carbonyl (C=O) groups is 2. The third-order valence-corrected chi connectivity index (χ3v) is 2.16. The highest BCUT2D eigenvalue weighted by atomic mass is 79.9. The van der Waals surface area contributed by atoms with Crippen LogP contribution >= 0.6 is 27.5 Å². The van der Waals surface area contributed by atoms with Gasteiger partial charge in [-0.05, 0) is 15.9 Å². The second kappa shape index (κ2) is 2.11. The van der Waals surface area contributed by atoms with Gasteiger partial charge in [0.25, 0.3) is 11.8 Å². The summed E-state index contributed by atoms with van der Waals surface area (Å²) in [6.07, 6.45) is 0. The van der Waals surface area contributed by atoms with Gasteiger partial charge >= 0.3 is 0 Å². The number of carbonyl (C=O) groups excluding carboxylic acids is 2. The Balaban J connectivity index is 3.06. The van der Waals surface area contributed by atoms with Crippen molar-refractivity contribution < 1.29 is 9.59 Å². The molecule has 0 atom stereocenters. The van der Waals surface area contributed by atoms with E-state index in [1.54, 1.807) is 0 Å². The fraction of sp³-hybridized carbons (Fsp3) is 0. The van der Waals surface area contributed by atoms with E-state index in [1.807, 2.05) is 5.32 Å². The van der Waals surface area contributed by atoms with Gasteiger partial charge in [-0.1, -0.05) is 11.6 Å². The van der Waals surface area contributed by atoms with Gasteiger partial charge in [0.15, 0.2) is 0 Å². The topological polar surface area (TPSA) is 46.2 Å². The van der Waals surface area contributed by atoms with Gasteiger partial charge in [0.2, 0.25) is 0 Å². The van der Waals surface area contributed by atoms with Gasteiger partial charge in [-0.25, -0.2) is 0 Å². The van der Waals surface area contributed by atoms with Gasteiger partial charge in [-0.2, -0.15) is 0 Å². The van der Waals surface area contributed by atoms with E-state index >= 15 is 0 Å². The molecule has 48 valence electrons. The SMILES string of the molecule is O=C1NC(=O)C(Br)=C1Cl. The number of rotatable bonds is 0. The van der Waals surface area contributed by atoms with Crippen LogP contribution in [0.5, 0.6) is 0 Å². The van der Waals surface area contributed by atoms with E-state index in [-0.39, 0.29) is 9.51 Å². The Kier molecular flexibility index (Phi) is 1.59. The Morgan fingerprint density at radius 2 is 1.89 bits per heavy atom. The summed E-state index contributed by atoms with van der Waals surface area (Å²) in [6.45, 7) is 0. The van der Waals surface area contributed by atoms with Gasteiger partial charge in [-0.3, -0.25) is 14.9 Å². The Hall–Kier alpha value is -0.350. The lowest BCUT2D eigenvalue weighted by Gasteiger charge is -1.83. The van der Waals surface area contributed by atoms with Crippen molar-refractivity contribution in [3.05, 3.63) is 9.51 Å². The fourth-order valence-corrected chi connectivity index (χ4v) is 0.824. The number of imide groups is 1. The first-order valence-electron chi connectivity index (χ1n) is 2.04. The number of hydrogen-bond donors (Lipinski definition) is 1. The molecule has 1 aliphatic rings. The van der Waals surface area contributed by atoms with E-state index in [1.165, 1.54) is 0 Å². The first kappa shape index (κ1) is 6.77. The fourth-order valence-electron chi connectivity index (χ4n) is 0.412. The van der Waals surface area contributed by atoms with Crippen LogP contribution in [0, 0.1) is 0 Å². The molecule has 1 heterocycles. The van der Waals surface area contributed by atoms with Crippen molar-refractivity contribution in [1.82, 2.24) is 5.32 Å². The van der Waals surface area contributed by atoms with Crippen molar-refractivity contribution in [1.29, 1.82) is 0 Å². The lowest BCUT2D eigenvalue weighted by molar-refractivity contribution is -0.123. The van der Waals surface area contributed by atoms with Crippen LogP contribution in [0.3, 0.4) is 0 Å². The zero-order valence-electron chi connectivity index (χ0n) is 4.07. The number of amides is 2. The van der Waals surface area contributed by atoms with Gasteiger partial charge < -0.3 is 0 Å². The maximum atomic E-state index is 10.5. The molecule has 3 nitrogen and oxygen atoms in total. The van der Waals surface area contributed by atoms with Crippen molar-refractivity contribution in [2.75, 3.05) is 0 Å². The van der Waals surface area contributed by atoms with Crippen LogP contribution in [0.25, 0.3) is 0 Å².